The first-order valence-electron chi connectivity index (χ1n) is 8.82. The molecule has 0 aliphatic heterocycles. The lowest BCUT2D eigenvalue weighted by molar-refractivity contribution is -0.116. The maximum absolute atomic E-state index is 12.8. The molecule has 28 heavy (non-hydrogen) atoms. The van der Waals surface area contributed by atoms with Gasteiger partial charge in [-0.05, 0) is 74.7 Å². The van der Waals surface area contributed by atoms with Gasteiger partial charge in [0, 0.05) is 17.2 Å². The van der Waals surface area contributed by atoms with Crippen LogP contribution in [0.15, 0.2) is 39.7 Å². The molecule has 0 radical (unpaired) electrons. The van der Waals surface area contributed by atoms with Gasteiger partial charge in [-0.25, -0.2) is 8.42 Å². The number of ether oxygens (including phenoxy) is 1. The summed E-state index contributed by atoms with van der Waals surface area (Å²) in [5.41, 5.74) is 3.21. The number of likely N-dealkylation sites (N-methyl/N-ethyl adjacent to an activating group) is 1. The number of carbonyl (C=O) groups excluding carboxylic acids is 1. The van der Waals surface area contributed by atoms with Gasteiger partial charge in [0.05, 0.1) is 18.0 Å². The summed E-state index contributed by atoms with van der Waals surface area (Å²) in [7, 11) is -2.41. The Labute approximate surface area is 175 Å². The lowest BCUT2D eigenvalue weighted by Crippen LogP contribution is -2.35. The highest BCUT2D eigenvalue weighted by Crippen LogP contribution is 2.26. The Morgan fingerprint density at radius 2 is 1.71 bits per heavy atom. The normalized spacial score (nSPS) is 11.5. The summed E-state index contributed by atoms with van der Waals surface area (Å²) in [5, 5.41) is 2.81. The Morgan fingerprint density at radius 3 is 2.25 bits per heavy atom. The Hall–Kier alpha value is -1.90. The number of anilines is 1. The van der Waals surface area contributed by atoms with Gasteiger partial charge in [0.2, 0.25) is 15.9 Å². The van der Waals surface area contributed by atoms with Crippen LogP contribution in [0.5, 0.6) is 5.75 Å². The molecule has 0 saturated heterocycles. The van der Waals surface area contributed by atoms with E-state index in [1.807, 2.05) is 32.9 Å². The van der Waals surface area contributed by atoms with Gasteiger partial charge in [-0.2, -0.15) is 4.31 Å². The predicted octanol–water partition coefficient (Wildman–Crippen LogP) is 4.03. The van der Waals surface area contributed by atoms with E-state index in [0.717, 1.165) is 25.5 Å². The molecule has 2 aromatic carbocycles. The summed E-state index contributed by atoms with van der Waals surface area (Å²) in [6.45, 7) is 7.64. The summed E-state index contributed by atoms with van der Waals surface area (Å²) >= 11 is 3.42. The molecule has 0 atom stereocenters. The third-order valence-corrected chi connectivity index (χ3v) is 6.54. The van der Waals surface area contributed by atoms with E-state index in [1.54, 1.807) is 19.1 Å². The van der Waals surface area contributed by atoms with Gasteiger partial charge < -0.3 is 10.1 Å². The van der Waals surface area contributed by atoms with E-state index in [2.05, 4.69) is 21.2 Å². The van der Waals surface area contributed by atoms with Crippen molar-refractivity contribution in [2.45, 2.75) is 32.6 Å². The zero-order chi connectivity index (χ0) is 21.1. The molecule has 0 aliphatic carbocycles. The van der Waals surface area contributed by atoms with Gasteiger partial charge in [-0.1, -0.05) is 15.9 Å². The first-order chi connectivity index (χ1) is 13.1. The maximum Gasteiger partial charge on any atom is 0.243 e. The molecule has 1 amide bonds. The van der Waals surface area contributed by atoms with Crippen molar-refractivity contribution < 1.29 is 17.9 Å². The number of nitrogens with one attached hydrogen (secondary N) is 1. The van der Waals surface area contributed by atoms with E-state index in [0.29, 0.717) is 18.0 Å². The minimum Gasteiger partial charge on any atom is -0.494 e. The van der Waals surface area contributed by atoms with Crippen LogP contribution in [0.3, 0.4) is 0 Å². The van der Waals surface area contributed by atoms with Crippen LogP contribution in [-0.2, 0) is 14.8 Å². The van der Waals surface area contributed by atoms with Gasteiger partial charge in [0.1, 0.15) is 5.75 Å². The fourth-order valence-corrected chi connectivity index (χ4v) is 4.75. The van der Waals surface area contributed by atoms with Crippen molar-refractivity contribution in [2.75, 3.05) is 25.5 Å². The Balaban J connectivity index is 2.16. The van der Waals surface area contributed by atoms with Gasteiger partial charge >= 0.3 is 0 Å². The van der Waals surface area contributed by atoms with Gasteiger partial charge in [-0.15, -0.1) is 0 Å². The van der Waals surface area contributed by atoms with Crippen LogP contribution >= 0.6 is 15.9 Å². The molecule has 0 aromatic heterocycles. The Bertz CT molecular complexity index is 967. The number of nitrogens with zero attached hydrogens (tertiary/aromatic N) is 1. The van der Waals surface area contributed by atoms with Crippen molar-refractivity contribution in [1.29, 1.82) is 0 Å². The Kier molecular flexibility index (Phi) is 7.25. The number of hydrogen-bond acceptors (Lipinski definition) is 4. The molecule has 0 fully saturated rings. The molecule has 2 aromatic rings. The second kappa shape index (κ2) is 9.07. The fraction of sp³-hybridized carbons (Fsp3) is 0.350. The number of aryl methyl sites for hydroxylation is 3. The van der Waals surface area contributed by atoms with Crippen LogP contribution in [0, 0.1) is 20.8 Å². The molecule has 0 bridgehead atoms. The fourth-order valence-electron chi connectivity index (χ4n) is 2.85. The zero-order valence-electron chi connectivity index (χ0n) is 16.7. The smallest absolute Gasteiger partial charge is 0.243 e. The third-order valence-electron chi connectivity index (χ3n) is 4.28. The largest absolute Gasteiger partial charge is 0.494 e. The molecule has 152 valence electrons. The molecule has 0 spiro atoms. The Morgan fingerprint density at radius 1 is 1.11 bits per heavy atom. The second-order valence-electron chi connectivity index (χ2n) is 6.58. The topological polar surface area (TPSA) is 75.7 Å². The number of rotatable bonds is 7. The van der Waals surface area contributed by atoms with Crippen molar-refractivity contribution in [3.05, 3.63) is 51.5 Å². The van der Waals surface area contributed by atoms with Crippen LogP contribution in [0.25, 0.3) is 0 Å². The summed E-state index contributed by atoms with van der Waals surface area (Å²) in [5.74, 6) is 0.241. The molecule has 2 rings (SSSR count). The van der Waals surface area contributed by atoms with Crippen molar-refractivity contribution in [1.82, 2.24) is 4.31 Å². The molecule has 0 saturated carbocycles. The molecule has 8 heteroatoms. The van der Waals surface area contributed by atoms with E-state index >= 15 is 0 Å². The number of benzene rings is 2. The summed E-state index contributed by atoms with van der Waals surface area (Å²) in [6.07, 6.45) is 0. The number of hydrogen-bond donors (Lipinski definition) is 1. The maximum atomic E-state index is 12.8. The second-order valence-corrected chi connectivity index (χ2v) is 9.54. The standard InChI is InChI=1S/C20H25BrN2O4S/c1-6-27-18-8-7-17(11-13(18)2)28(25,26)23(5)12-19(24)22-20-14(3)9-16(21)10-15(20)4/h7-11H,6,12H2,1-5H3,(H,22,24). The quantitative estimate of drug-likeness (QED) is 0.665. The number of carbonyl (C=O) groups is 1. The number of halogens is 1. The predicted molar refractivity (Wildman–Crippen MR) is 114 cm³/mol. The van der Waals surface area contributed by atoms with Crippen LogP contribution in [0.1, 0.15) is 23.6 Å². The van der Waals surface area contributed by atoms with Gasteiger partial charge in [-0.3, -0.25) is 4.79 Å². The first kappa shape index (κ1) is 22.4. The number of amides is 1. The minimum absolute atomic E-state index is 0.125. The van der Waals surface area contributed by atoms with Crippen LogP contribution in [-0.4, -0.2) is 38.8 Å². The average Bonchev–Trinajstić information content (AvgIpc) is 2.59. The monoisotopic (exact) mass is 468 g/mol. The first-order valence-corrected chi connectivity index (χ1v) is 11.1. The third kappa shape index (κ3) is 5.12. The molecule has 6 nitrogen and oxygen atoms in total. The highest BCUT2D eigenvalue weighted by atomic mass is 79.9. The average molecular weight is 469 g/mol. The zero-order valence-corrected chi connectivity index (χ0v) is 19.1. The lowest BCUT2D eigenvalue weighted by Gasteiger charge is -2.19. The summed E-state index contributed by atoms with van der Waals surface area (Å²) < 4.78 is 33.1. The van der Waals surface area contributed by atoms with E-state index in [9.17, 15) is 13.2 Å². The van der Waals surface area contributed by atoms with Crippen molar-refractivity contribution in [3.8, 4) is 5.75 Å². The van der Waals surface area contributed by atoms with Crippen LogP contribution in [0.2, 0.25) is 0 Å². The van der Waals surface area contributed by atoms with Crippen LogP contribution < -0.4 is 10.1 Å². The van der Waals surface area contributed by atoms with Crippen molar-refractivity contribution >= 4 is 37.5 Å². The molecule has 0 unspecified atom stereocenters. The minimum atomic E-state index is -3.80. The van der Waals surface area contributed by atoms with Crippen molar-refractivity contribution in [3.63, 3.8) is 0 Å². The highest BCUT2D eigenvalue weighted by molar-refractivity contribution is 9.10. The summed E-state index contributed by atoms with van der Waals surface area (Å²) in [4.78, 5) is 12.6. The number of sulfonamides is 1. The van der Waals surface area contributed by atoms with E-state index < -0.39 is 15.9 Å². The SMILES string of the molecule is CCOc1ccc(S(=O)(=O)N(C)CC(=O)Nc2c(C)cc(Br)cc2C)cc1C. The molecule has 0 aliphatic rings. The summed E-state index contributed by atoms with van der Waals surface area (Å²) in [6, 6.07) is 8.47. The molecule has 0 heterocycles. The van der Waals surface area contributed by atoms with Gasteiger partial charge in [0.25, 0.3) is 0 Å². The highest BCUT2D eigenvalue weighted by Gasteiger charge is 2.24. The molecular formula is C20H25BrN2O4S. The van der Waals surface area contributed by atoms with Crippen LogP contribution in [0.4, 0.5) is 5.69 Å². The van der Waals surface area contributed by atoms with Gasteiger partial charge in [0.15, 0.2) is 0 Å². The molecule has 1 N–H and O–H groups in total. The van der Waals surface area contributed by atoms with Crippen molar-refractivity contribution in [2.24, 2.45) is 0 Å². The van der Waals surface area contributed by atoms with E-state index in [-0.39, 0.29) is 11.4 Å². The molecular weight excluding hydrogens is 444 g/mol. The van der Waals surface area contributed by atoms with E-state index in [1.165, 1.54) is 13.1 Å². The lowest BCUT2D eigenvalue weighted by atomic mass is 10.1. The van der Waals surface area contributed by atoms with E-state index in [4.69, 9.17) is 4.74 Å².